The number of nitrogens with one attached hydrogen (secondary N) is 2. The molecule has 0 saturated heterocycles. The minimum absolute atomic E-state index is 0.256. The molecule has 0 radical (unpaired) electrons. The number of carbonyl (C=O) groups excluding carboxylic acids is 2. The number of hydrogen-bond donors (Lipinski definition) is 2. The number of halogens is 2. The van der Waals surface area contributed by atoms with Gasteiger partial charge in [-0.3, -0.25) is 14.6 Å². The van der Waals surface area contributed by atoms with Crippen molar-refractivity contribution in [2.45, 2.75) is 20.3 Å². The van der Waals surface area contributed by atoms with Gasteiger partial charge in [-0.1, -0.05) is 37.0 Å². The molecule has 1 aromatic heterocycles. The van der Waals surface area contributed by atoms with Crippen molar-refractivity contribution in [1.29, 1.82) is 0 Å². The third-order valence-corrected chi connectivity index (χ3v) is 3.83. The van der Waals surface area contributed by atoms with Crippen molar-refractivity contribution in [2.75, 3.05) is 11.9 Å². The number of amides is 2. The summed E-state index contributed by atoms with van der Waals surface area (Å²) >= 11 is 11.8. The van der Waals surface area contributed by atoms with Crippen molar-refractivity contribution in [1.82, 2.24) is 10.3 Å². The van der Waals surface area contributed by atoms with Crippen LogP contribution in [-0.4, -0.2) is 23.3 Å². The quantitative estimate of drug-likeness (QED) is 0.780. The van der Waals surface area contributed by atoms with E-state index in [-0.39, 0.29) is 11.5 Å². The molecule has 132 valence electrons. The van der Waals surface area contributed by atoms with Crippen molar-refractivity contribution >= 4 is 40.7 Å². The maximum absolute atomic E-state index is 12.3. The molecule has 2 aromatic rings. The van der Waals surface area contributed by atoms with Crippen LogP contribution in [0.2, 0.25) is 10.0 Å². The molecule has 0 aliphatic rings. The number of aromatic nitrogens is 1. The monoisotopic (exact) mass is 379 g/mol. The van der Waals surface area contributed by atoms with E-state index in [2.05, 4.69) is 29.5 Å². The highest BCUT2D eigenvalue weighted by molar-refractivity contribution is 6.35. The molecule has 7 heteroatoms. The van der Waals surface area contributed by atoms with Gasteiger partial charge in [0.2, 0.25) is 0 Å². The maximum Gasteiger partial charge on any atom is 0.257 e. The third kappa shape index (κ3) is 6.03. The SMILES string of the molecule is CC(C)CCNC(=O)c1cncc(C(=O)Nc2cc(Cl)cc(Cl)c2)c1. The highest BCUT2D eigenvalue weighted by atomic mass is 35.5. The average Bonchev–Trinajstić information content (AvgIpc) is 2.53. The van der Waals surface area contributed by atoms with E-state index in [9.17, 15) is 9.59 Å². The van der Waals surface area contributed by atoms with E-state index in [0.717, 1.165) is 6.42 Å². The molecule has 2 amide bonds. The molecular weight excluding hydrogens is 361 g/mol. The molecule has 1 heterocycles. The first-order valence-corrected chi connectivity index (χ1v) is 8.61. The first-order chi connectivity index (χ1) is 11.8. The van der Waals surface area contributed by atoms with Crippen LogP contribution in [0.4, 0.5) is 5.69 Å². The van der Waals surface area contributed by atoms with Gasteiger partial charge in [0.1, 0.15) is 0 Å². The largest absolute Gasteiger partial charge is 0.352 e. The zero-order chi connectivity index (χ0) is 18.4. The Morgan fingerprint density at radius 2 is 1.60 bits per heavy atom. The summed E-state index contributed by atoms with van der Waals surface area (Å²) in [5.74, 6) is -0.156. The Bertz CT molecular complexity index is 758. The lowest BCUT2D eigenvalue weighted by Crippen LogP contribution is -2.26. The van der Waals surface area contributed by atoms with Crippen LogP contribution in [0.1, 0.15) is 41.0 Å². The summed E-state index contributed by atoms with van der Waals surface area (Å²) < 4.78 is 0. The van der Waals surface area contributed by atoms with Gasteiger partial charge in [0, 0.05) is 34.7 Å². The van der Waals surface area contributed by atoms with Gasteiger partial charge >= 0.3 is 0 Å². The standard InChI is InChI=1S/C18H19Cl2N3O2/c1-11(2)3-4-22-17(24)12-5-13(10-21-9-12)18(25)23-16-7-14(19)6-15(20)8-16/h5-11H,3-4H2,1-2H3,(H,22,24)(H,23,25). The van der Waals surface area contributed by atoms with Gasteiger partial charge in [-0.25, -0.2) is 0 Å². The van der Waals surface area contributed by atoms with Crippen LogP contribution in [0.5, 0.6) is 0 Å². The number of hydrogen-bond acceptors (Lipinski definition) is 3. The lowest BCUT2D eigenvalue weighted by molar-refractivity contribution is 0.0951. The number of benzene rings is 1. The van der Waals surface area contributed by atoms with E-state index in [1.807, 2.05) is 0 Å². The molecule has 0 saturated carbocycles. The Morgan fingerprint density at radius 3 is 2.20 bits per heavy atom. The van der Waals surface area contributed by atoms with Crippen LogP contribution in [0.15, 0.2) is 36.7 Å². The number of pyridine rings is 1. The van der Waals surface area contributed by atoms with Crippen molar-refractivity contribution in [3.63, 3.8) is 0 Å². The first-order valence-electron chi connectivity index (χ1n) is 7.86. The average molecular weight is 380 g/mol. The molecule has 25 heavy (non-hydrogen) atoms. The topological polar surface area (TPSA) is 71.1 Å². The zero-order valence-corrected chi connectivity index (χ0v) is 15.5. The molecule has 0 unspecified atom stereocenters. The summed E-state index contributed by atoms with van der Waals surface area (Å²) in [6.45, 7) is 4.75. The van der Waals surface area contributed by atoms with Crippen LogP contribution in [0.3, 0.4) is 0 Å². The Morgan fingerprint density at radius 1 is 1.00 bits per heavy atom. The Labute approximate surface area is 156 Å². The minimum Gasteiger partial charge on any atom is -0.352 e. The zero-order valence-electron chi connectivity index (χ0n) is 14.0. The Kier molecular flexibility index (Phi) is 6.79. The number of rotatable bonds is 6. The van der Waals surface area contributed by atoms with Gasteiger partial charge in [0.25, 0.3) is 11.8 Å². The highest BCUT2D eigenvalue weighted by Crippen LogP contribution is 2.22. The fraction of sp³-hybridized carbons (Fsp3) is 0.278. The summed E-state index contributed by atoms with van der Waals surface area (Å²) in [5.41, 5.74) is 1.07. The number of carbonyl (C=O) groups is 2. The molecule has 5 nitrogen and oxygen atoms in total. The first kappa shape index (κ1) is 19.2. The van der Waals surface area contributed by atoms with Crippen molar-refractivity contribution in [3.05, 3.63) is 57.8 Å². The molecule has 0 aliphatic carbocycles. The predicted molar refractivity (Wildman–Crippen MR) is 100 cm³/mol. The summed E-state index contributed by atoms with van der Waals surface area (Å²) in [4.78, 5) is 28.4. The fourth-order valence-electron chi connectivity index (χ4n) is 2.09. The van der Waals surface area contributed by atoms with Gasteiger partial charge < -0.3 is 10.6 Å². The van der Waals surface area contributed by atoms with Gasteiger partial charge in [0.05, 0.1) is 11.1 Å². The number of anilines is 1. The second-order valence-corrected chi connectivity index (χ2v) is 6.89. The molecule has 0 bridgehead atoms. The van der Waals surface area contributed by atoms with Crippen LogP contribution in [0, 0.1) is 5.92 Å². The Balaban J connectivity index is 2.06. The van der Waals surface area contributed by atoms with Crippen molar-refractivity contribution in [3.8, 4) is 0 Å². The molecule has 0 aliphatic heterocycles. The maximum atomic E-state index is 12.3. The van der Waals surface area contributed by atoms with E-state index in [1.54, 1.807) is 18.2 Å². The summed E-state index contributed by atoms with van der Waals surface area (Å²) in [6.07, 6.45) is 3.71. The van der Waals surface area contributed by atoms with Crippen molar-refractivity contribution in [2.24, 2.45) is 5.92 Å². The molecule has 0 fully saturated rings. The second-order valence-electron chi connectivity index (χ2n) is 6.01. The second kappa shape index (κ2) is 8.83. The van der Waals surface area contributed by atoms with E-state index in [0.29, 0.717) is 33.8 Å². The van der Waals surface area contributed by atoms with Gasteiger partial charge in [0.15, 0.2) is 0 Å². The van der Waals surface area contributed by atoms with Gasteiger partial charge in [-0.15, -0.1) is 0 Å². The van der Waals surface area contributed by atoms with Crippen LogP contribution in [-0.2, 0) is 0 Å². The lowest BCUT2D eigenvalue weighted by atomic mass is 10.1. The summed E-state index contributed by atoms with van der Waals surface area (Å²) in [6, 6.07) is 6.24. The fourth-order valence-corrected chi connectivity index (χ4v) is 2.62. The van der Waals surface area contributed by atoms with Crippen molar-refractivity contribution < 1.29 is 9.59 Å². The number of nitrogens with zero attached hydrogens (tertiary/aromatic N) is 1. The molecule has 2 N–H and O–H groups in total. The van der Waals surface area contributed by atoms with E-state index >= 15 is 0 Å². The molecule has 2 rings (SSSR count). The third-order valence-electron chi connectivity index (χ3n) is 3.39. The normalized spacial score (nSPS) is 10.6. The summed E-state index contributed by atoms with van der Waals surface area (Å²) in [7, 11) is 0. The van der Waals surface area contributed by atoms with Crippen LogP contribution >= 0.6 is 23.2 Å². The molecule has 1 aromatic carbocycles. The molecule has 0 spiro atoms. The summed E-state index contributed by atoms with van der Waals surface area (Å²) in [5, 5.41) is 6.33. The van der Waals surface area contributed by atoms with E-state index in [1.165, 1.54) is 18.5 Å². The van der Waals surface area contributed by atoms with E-state index < -0.39 is 5.91 Å². The minimum atomic E-state index is -0.400. The predicted octanol–water partition coefficient (Wildman–Crippen LogP) is 4.42. The van der Waals surface area contributed by atoms with Crippen LogP contribution < -0.4 is 10.6 Å². The lowest BCUT2D eigenvalue weighted by Gasteiger charge is -2.09. The van der Waals surface area contributed by atoms with Crippen LogP contribution in [0.25, 0.3) is 0 Å². The molecular formula is C18H19Cl2N3O2. The van der Waals surface area contributed by atoms with Gasteiger partial charge in [-0.2, -0.15) is 0 Å². The van der Waals surface area contributed by atoms with E-state index in [4.69, 9.17) is 23.2 Å². The highest BCUT2D eigenvalue weighted by Gasteiger charge is 2.12. The molecule has 0 atom stereocenters. The van der Waals surface area contributed by atoms with Gasteiger partial charge in [-0.05, 0) is 36.6 Å². The Hall–Kier alpha value is -2.11. The smallest absolute Gasteiger partial charge is 0.257 e.